The van der Waals surface area contributed by atoms with Crippen LogP contribution < -0.4 is 5.32 Å². The number of furan rings is 1. The van der Waals surface area contributed by atoms with Gasteiger partial charge in [0.1, 0.15) is 11.6 Å². The van der Waals surface area contributed by atoms with Gasteiger partial charge < -0.3 is 14.8 Å². The van der Waals surface area contributed by atoms with Crippen LogP contribution in [0.25, 0.3) is 6.08 Å². The lowest BCUT2D eigenvalue weighted by molar-refractivity contribution is -0.111. The predicted octanol–water partition coefficient (Wildman–Crippen LogP) is 3.53. The number of amides is 1. The molecule has 0 aliphatic carbocycles. The maximum atomic E-state index is 13.4. The monoisotopic (exact) mass is 353 g/mol. The van der Waals surface area contributed by atoms with Gasteiger partial charge in [-0.1, -0.05) is 0 Å². The molecule has 0 bridgehead atoms. The summed E-state index contributed by atoms with van der Waals surface area (Å²) in [7, 11) is 0. The standard InChI is InChI=1S/C14H9BrFNO4/c15-12-5-2-9(21-12)3-6-13(18)17-8-1-4-10(14(19)20)11(16)7-8/h1-7H,(H,17,18)(H,19,20)/b6-3+. The summed E-state index contributed by atoms with van der Waals surface area (Å²) < 4.78 is 19.1. The van der Waals surface area contributed by atoms with Crippen molar-refractivity contribution in [2.45, 2.75) is 0 Å². The minimum atomic E-state index is -1.37. The van der Waals surface area contributed by atoms with Crippen molar-refractivity contribution in [3.05, 3.63) is 58.2 Å². The number of aromatic carboxylic acids is 1. The first kappa shape index (κ1) is 15.0. The van der Waals surface area contributed by atoms with Gasteiger partial charge in [0.05, 0.1) is 5.56 Å². The maximum Gasteiger partial charge on any atom is 0.338 e. The molecule has 1 amide bonds. The van der Waals surface area contributed by atoms with Crippen molar-refractivity contribution in [3.63, 3.8) is 0 Å². The molecule has 0 saturated heterocycles. The highest BCUT2D eigenvalue weighted by Crippen LogP contribution is 2.16. The first-order valence-corrected chi connectivity index (χ1v) is 6.52. The first-order chi connectivity index (χ1) is 9.95. The van der Waals surface area contributed by atoms with E-state index in [4.69, 9.17) is 9.52 Å². The molecule has 2 aromatic rings. The minimum absolute atomic E-state index is 0.160. The van der Waals surface area contributed by atoms with Crippen molar-refractivity contribution in [1.82, 2.24) is 0 Å². The molecule has 108 valence electrons. The second-order valence-corrected chi connectivity index (χ2v) is 4.75. The Morgan fingerprint density at radius 3 is 2.62 bits per heavy atom. The van der Waals surface area contributed by atoms with E-state index in [1.165, 1.54) is 18.2 Å². The molecule has 2 rings (SSSR count). The fraction of sp³-hybridized carbons (Fsp3) is 0. The molecule has 7 heteroatoms. The SMILES string of the molecule is O=C(/C=C/c1ccc(Br)o1)Nc1ccc(C(=O)O)c(F)c1. The van der Waals surface area contributed by atoms with Gasteiger partial charge >= 0.3 is 5.97 Å². The molecular formula is C14H9BrFNO4. The van der Waals surface area contributed by atoms with Gasteiger partial charge in [0.15, 0.2) is 4.67 Å². The number of carbonyl (C=O) groups is 2. The minimum Gasteiger partial charge on any atom is -0.478 e. The maximum absolute atomic E-state index is 13.4. The lowest BCUT2D eigenvalue weighted by Crippen LogP contribution is -2.09. The van der Waals surface area contributed by atoms with Gasteiger partial charge in [0.25, 0.3) is 0 Å². The van der Waals surface area contributed by atoms with Crippen LogP contribution in [0, 0.1) is 5.82 Å². The van der Waals surface area contributed by atoms with Gasteiger partial charge in [-0.25, -0.2) is 9.18 Å². The van der Waals surface area contributed by atoms with E-state index in [1.54, 1.807) is 12.1 Å². The predicted molar refractivity (Wildman–Crippen MR) is 77.4 cm³/mol. The van der Waals surface area contributed by atoms with E-state index >= 15 is 0 Å². The van der Waals surface area contributed by atoms with Gasteiger partial charge in [-0.3, -0.25) is 4.79 Å². The van der Waals surface area contributed by atoms with Gasteiger partial charge in [0.2, 0.25) is 5.91 Å². The summed E-state index contributed by atoms with van der Waals surface area (Å²) in [6.45, 7) is 0. The van der Waals surface area contributed by atoms with Crippen LogP contribution in [0.4, 0.5) is 10.1 Å². The fourth-order valence-corrected chi connectivity index (χ4v) is 1.84. The summed E-state index contributed by atoms with van der Waals surface area (Å²) in [6, 6.07) is 6.67. The summed E-state index contributed by atoms with van der Waals surface area (Å²) in [6.07, 6.45) is 2.66. The summed E-state index contributed by atoms with van der Waals surface area (Å²) >= 11 is 3.13. The lowest BCUT2D eigenvalue weighted by atomic mass is 10.2. The Labute approximate surface area is 127 Å². The highest BCUT2D eigenvalue weighted by Gasteiger charge is 2.10. The van der Waals surface area contributed by atoms with E-state index in [1.807, 2.05) is 0 Å². The van der Waals surface area contributed by atoms with Gasteiger partial charge in [-0.2, -0.15) is 0 Å². The number of anilines is 1. The number of hydrogen-bond acceptors (Lipinski definition) is 3. The highest BCUT2D eigenvalue weighted by molar-refractivity contribution is 9.10. The first-order valence-electron chi connectivity index (χ1n) is 5.73. The molecule has 0 aliphatic rings. The highest BCUT2D eigenvalue weighted by atomic mass is 79.9. The van der Waals surface area contributed by atoms with Crippen LogP contribution in [0.15, 0.2) is 45.5 Å². The average molecular weight is 354 g/mol. The molecule has 5 nitrogen and oxygen atoms in total. The Balaban J connectivity index is 2.04. The fourth-order valence-electron chi connectivity index (χ4n) is 1.53. The molecule has 0 fully saturated rings. The zero-order valence-corrected chi connectivity index (χ0v) is 12.1. The van der Waals surface area contributed by atoms with E-state index in [9.17, 15) is 14.0 Å². The van der Waals surface area contributed by atoms with Crippen LogP contribution in [0.2, 0.25) is 0 Å². The van der Waals surface area contributed by atoms with Crippen LogP contribution in [0.1, 0.15) is 16.1 Å². The Bertz CT molecular complexity index is 724. The third-order valence-corrected chi connectivity index (χ3v) is 2.89. The molecule has 0 saturated carbocycles. The van der Waals surface area contributed by atoms with Gasteiger partial charge in [-0.05, 0) is 52.3 Å². The van der Waals surface area contributed by atoms with Gasteiger partial charge in [0, 0.05) is 11.8 Å². The number of rotatable bonds is 4. The topological polar surface area (TPSA) is 79.5 Å². The van der Waals surface area contributed by atoms with Crippen LogP contribution in [-0.4, -0.2) is 17.0 Å². The van der Waals surface area contributed by atoms with Crippen LogP contribution in [0.5, 0.6) is 0 Å². The zero-order chi connectivity index (χ0) is 15.4. The Kier molecular flexibility index (Phi) is 4.54. The van der Waals surface area contributed by atoms with E-state index < -0.39 is 23.3 Å². The van der Waals surface area contributed by atoms with Crippen molar-refractivity contribution in [3.8, 4) is 0 Å². The van der Waals surface area contributed by atoms with Crippen molar-refractivity contribution in [2.75, 3.05) is 5.32 Å². The molecule has 0 radical (unpaired) electrons. The largest absolute Gasteiger partial charge is 0.478 e. The molecule has 0 aliphatic heterocycles. The van der Waals surface area contributed by atoms with Crippen molar-refractivity contribution in [2.24, 2.45) is 0 Å². The van der Waals surface area contributed by atoms with Crippen molar-refractivity contribution >= 4 is 39.6 Å². The van der Waals surface area contributed by atoms with E-state index in [0.29, 0.717) is 10.4 Å². The number of carbonyl (C=O) groups excluding carboxylic acids is 1. The summed E-state index contributed by atoms with van der Waals surface area (Å²) in [5.74, 6) is -2.30. The normalized spacial score (nSPS) is 10.8. The second-order valence-electron chi connectivity index (χ2n) is 3.96. The number of nitrogens with one attached hydrogen (secondary N) is 1. The van der Waals surface area contributed by atoms with Crippen LogP contribution in [0.3, 0.4) is 0 Å². The third kappa shape index (κ3) is 4.03. The molecule has 0 atom stereocenters. The second kappa shape index (κ2) is 6.36. The molecule has 2 N–H and O–H groups in total. The number of carboxylic acid groups (broad SMARTS) is 1. The Hall–Kier alpha value is -2.41. The molecule has 1 heterocycles. The van der Waals surface area contributed by atoms with Crippen molar-refractivity contribution < 1.29 is 23.5 Å². The summed E-state index contributed by atoms with van der Waals surface area (Å²) in [5.41, 5.74) is -0.295. The Morgan fingerprint density at radius 1 is 1.29 bits per heavy atom. The molecule has 21 heavy (non-hydrogen) atoms. The molecule has 1 aromatic carbocycles. The van der Waals surface area contributed by atoms with Crippen molar-refractivity contribution in [1.29, 1.82) is 0 Å². The molecule has 0 spiro atoms. The number of benzene rings is 1. The lowest BCUT2D eigenvalue weighted by Gasteiger charge is -2.03. The quantitative estimate of drug-likeness (QED) is 0.824. The summed E-state index contributed by atoms with van der Waals surface area (Å²) in [5, 5.41) is 11.1. The summed E-state index contributed by atoms with van der Waals surface area (Å²) in [4.78, 5) is 22.3. The number of halogens is 2. The van der Waals surface area contributed by atoms with E-state index in [0.717, 1.165) is 12.1 Å². The van der Waals surface area contributed by atoms with E-state index in [-0.39, 0.29) is 5.69 Å². The molecule has 1 aromatic heterocycles. The smallest absolute Gasteiger partial charge is 0.338 e. The van der Waals surface area contributed by atoms with Gasteiger partial charge in [-0.15, -0.1) is 0 Å². The molecular weight excluding hydrogens is 345 g/mol. The van der Waals surface area contributed by atoms with E-state index in [2.05, 4.69) is 21.2 Å². The average Bonchev–Trinajstić information content (AvgIpc) is 2.82. The number of carboxylic acids is 1. The Morgan fingerprint density at radius 2 is 2.05 bits per heavy atom. The molecule has 0 unspecified atom stereocenters. The van der Waals surface area contributed by atoms with Crippen LogP contribution in [-0.2, 0) is 4.79 Å². The van der Waals surface area contributed by atoms with Crippen LogP contribution >= 0.6 is 15.9 Å². The third-order valence-electron chi connectivity index (χ3n) is 2.46. The number of hydrogen-bond donors (Lipinski definition) is 2. The zero-order valence-electron chi connectivity index (χ0n) is 10.5.